The Morgan fingerprint density at radius 1 is 1.18 bits per heavy atom. The van der Waals surface area contributed by atoms with Crippen LogP contribution in [0, 0.1) is 0 Å². The Hall–Kier alpha value is -4.10. The predicted molar refractivity (Wildman–Crippen MR) is 148 cm³/mol. The smallest absolute Gasteiger partial charge is 0.414 e. The predicted octanol–water partition coefficient (Wildman–Crippen LogP) is 2.28. The SMILES string of the molecule is COc1ccc2ncnc(O[C@@H]3CN(C[C@@H]4CN(c5ccc6c(c5)NC(=O)CS6)C(=O)O4)C[C@H]3NC(C)=O)c2c1. The molecular weight excluding hydrogens is 536 g/mol. The van der Waals surface area contributed by atoms with Crippen LogP contribution in [0.25, 0.3) is 10.9 Å². The van der Waals surface area contributed by atoms with E-state index in [0.717, 1.165) is 10.4 Å². The Morgan fingerprint density at radius 2 is 2.05 bits per heavy atom. The van der Waals surface area contributed by atoms with E-state index in [0.29, 0.717) is 60.3 Å². The van der Waals surface area contributed by atoms with Crippen LogP contribution in [0.4, 0.5) is 16.2 Å². The van der Waals surface area contributed by atoms with Gasteiger partial charge in [0.2, 0.25) is 17.7 Å². The van der Waals surface area contributed by atoms with Gasteiger partial charge in [0, 0.05) is 37.1 Å². The number of methoxy groups -OCH3 is 1. The highest BCUT2D eigenvalue weighted by molar-refractivity contribution is 8.00. The summed E-state index contributed by atoms with van der Waals surface area (Å²) in [5, 5.41) is 6.56. The van der Waals surface area contributed by atoms with Gasteiger partial charge in [-0.3, -0.25) is 19.4 Å². The second-order valence-electron chi connectivity index (χ2n) is 9.88. The summed E-state index contributed by atoms with van der Waals surface area (Å²) in [5.74, 6) is 1.21. The number of carbonyl (C=O) groups is 3. The molecule has 0 aliphatic carbocycles. The van der Waals surface area contributed by atoms with Crippen LogP contribution < -0.4 is 25.0 Å². The minimum absolute atomic E-state index is 0.0647. The lowest BCUT2D eigenvalue weighted by Gasteiger charge is -2.21. The van der Waals surface area contributed by atoms with E-state index in [2.05, 4.69) is 25.5 Å². The van der Waals surface area contributed by atoms with E-state index in [4.69, 9.17) is 14.2 Å². The number of thioether (sulfide) groups is 1. The van der Waals surface area contributed by atoms with Gasteiger partial charge in [-0.25, -0.2) is 14.8 Å². The highest BCUT2D eigenvalue weighted by Crippen LogP contribution is 2.36. The number of nitrogens with one attached hydrogen (secondary N) is 2. The van der Waals surface area contributed by atoms with Crippen LogP contribution in [0.2, 0.25) is 0 Å². The molecule has 2 N–H and O–H groups in total. The van der Waals surface area contributed by atoms with Gasteiger partial charge >= 0.3 is 6.09 Å². The molecule has 2 aromatic carbocycles. The molecule has 0 spiro atoms. The first kappa shape index (κ1) is 26.1. The molecule has 40 heavy (non-hydrogen) atoms. The summed E-state index contributed by atoms with van der Waals surface area (Å²) in [6.45, 7) is 3.32. The third kappa shape index (κ3) is 5.34. The van der Waals surface area contributed by atoms with Crippen LogP contribution in [-0.2, 0) is 14.3 Å². The second-order valence-corrected chi connectivity index (χ2v) is 10.9. The molecule has 3 atom stereocenters. The summed E-state index contributed by atoms with van der Waals surface area (Å²) in [6, 6.07) is 10.8. The quantitative estimate of drug-likeness (QED) is 0.440. The molecule has 3 amide bonds. The average Bonchev–Trinajstić information content (AvgIpc) is 3.49. The van der Waals surface area contributed by atoms with Crippen LogP contribution in [-0.4, -0.2) is 90.1 Å². The number of fused-ring (bicyclic) bond motifs is 2. The van der Waals surface area contributed by atoms with E-state index in [1.807, 2.05) is 30.3 Å². The molecule has 0 saturated carbocycles. The van der Waals surface area contributed by atoms with Gasteiger partial charge in [-0.05, 0) is 36.4 Å². The summed E-state index contributed by atoms with van der Waals surface area (Å²) in [5.41, 5.74) is 2.08. The van der Waals surface area contributed by atoms with Crippen LogP contribution in [0.5, 0.6) is 11.6 Å². The summed E-state index contributed by atoms with van der Waals surface area (Å²) in [6.07, 6.45) is 0.241. The third-order valence-corrected chi connectivity index (χ3v) is 8.12. The van der Waals surface area contributed by atoms with Crippen molar-refractivity contribution >= 4 is 51.9 Å². The van der Waals surface area contributed by atoms with Crippen molar-refractivity contribution in [3.63, 3.8) is 0 Å². The normalized spacial score (nSPS) is 22.6. The van der Waals surface area contributed by atoms with Gasteiger partial charge in [-0.15, -0.1) is 11.8 Å². The van der Waals surface area contributed by atoms with Gasteiger partial charge in [0.1, 0.15) is 24.3 Å². The van der Waals surface area contributed by atoms with E-state index in [1.54, 1.807) is 18.1 Å². The lowest BCUT2D eigenvalue weighted by atomic mass is 10.2. The summed E-state index contributed by atoms with van der Waals surface area (Å²) in [4.78, 5) is 49.9. The number of hydrogen-bond donors (Lipinski definition) is 2. The fourth-order valence-corrected chi connectivity index (χ4v) is 6.04. The van der Waals surface area contributed by atoms with Crippen molar-refractivity contribution in [3.05, 3.63) is 42.7 Å². The highest BCUT2D eigenvalue weighted by Gasteiger charge is 2.40. The van der Waals surface area contributed by atoms with Gasteiger partial charge in [-0.2, -0.15) is 0 Å². The average molecular weight is 565 g/mol. The topological polar surface area (TPSA) is 135 Å². The number of amides is 3. The first-order chi connectivity index (χ1) is 19.4. The Morgan fingerprint density at radius 3 is 2.88 bits per heavy atom. The molecular formula is C27H28N6O6S. The van der Waals surface area contributed by atoms with Crippen molar-refractivity contribution < 1.29 is 28.6 Å². The molecule has 0 bridgehead atoms. The molecule has 2 fully saturated rings. The van der Waals surface area contributed by atoms with Crippen molar-refractivity contribution in [1.29, 1.82) is 0 Å². The molecule has 3 aliphatic rings. The van der Waals surface area contributed by atoms with E-state index in [1.165, 1.54) is 25.0 Å². The van der Waals surface area contributed by atoms with Crippen molar-refractivity contribution in [2.24, 2.45) is 0 Å². The Kier molecular flexibility index (Phi) is 7.07. The van der Waals surface area contributed by atoms with E-state index >= 15 is 0 Å². The number of likely N-dealkylation sites (tertiary alicyclic amines) is 1. The molecule has 13 heteroatoms. The molecule has 4 heterocycles. The lowest BCUT2D eigenvalue weighted by molar-refractivity contribution is -0.120. The minimum Gasteiger partial charge on any atom is -0.497 e. The zero-order valence-corrected chi connectivity index (χ0v) is 22.8. The van der Waals surface area contributed by atoms with E-state index < -0.39 is 6.09 Å². The molecule has 0 radical (unpaired) electrons. The third-order valence-electron chi connectivity index (χ3n) is 7.04. The standard InChI is InChI=1S/C27H28N6O6S/c1-15(34)30-22-11-32(12-23(22)39-26-19-8-17(37-2)4-5-20(19)28-14-29-26)9-18-10-33(27(36)38-18)16-3-6-24-21(7-16)31-25(35)13-40-24/h3-8,14,18,22-23H,9-13H2,1-2H3,(H,30,34)(H,31,35)/t18-,22-,23-/m1/s1. The monoisotopic (exact) mass is 564 g/mol. The van der Waals surface area contributed by atoms with Crippen LogP contribution in [0.15, 0.2) is 47.6 Å². The number of benzene rings is 2. The number of anilines is 2. The summed E-state index contributed by atoms with van der Waals surface area (Å²) in [7, 11) is 1.59. The Bertz CT molecular complexity index is 1490. The van der Waals surface area contributed by atoms with Gasteiger partial charge in [-0.1, -0.05) is 0 Å². The summed E-state index contributed by atoms with van der Waals surface area (Å²) < 4.78 is 17.4. The number of carbonyl (C=O) groups excluding carboxylic acids is 3. The van der Waals surface area contributed by atoms with Crippen molar-refractivity contribution in [2.75, 3.05) is 49.3 Å². The minimum atomic E-state index is -0.438. The number of cyclic esters (lactones) is 1. The molecule has 208 valence electrons. The van der Waals surface area contributed by atoms with Crippen molar-refractivity contribution in [1.82, 2.24) is 20.2 Å². The van der Waals surface area contributed by atoms with Crippen molar-refractivity contribution in [2.45, 2.75) is 30.1 Å². The molecule has 0 unspecified atom stereocenters. The Labute approximate surface area is 234 Å². The molecule has 6 rings (SSSR count). The van der Waals surface area contributed by atoms with Gasteiger partial charge < -0.3 is 24.8 Å². The largest absolute Gasteiger partial charge is 0.497 e. The van der Waals surface area contributed by atoms with E-state index in [9.17, 15) is 14.4 Å². The zero-order chi connectivity index (χ0) is 27.8. The zero-order valence-electron chi connectivity index (χ0n) is 22.0. The number of hydrogen-bond acceptors (Lipinski definition) is 10. The first-order valence-electron chi connectivity index (χ1n) is 12.9. The van der Waals surface area contributed by atoms with Gasteiger partial charge in [0.25, 0.3) is 0 Å². The number of ether oxygens (including phenoxy) is 3. The van der Waals surface area contributed by atoms with Gasteiger partial charge in [0.05, 0.1) is 42.0 Å². The maximum Gasteiger partial charge on any atom is 0.414 e. The van der Waals surface area contributed by atoms with Crippen LogP contribution in [0.3, 0.4) is 0 Å². The van der Waals surface area contributed by atoms with Crippen molar-refractivity contribution in [3.8, 4) is 11.6 Å². The first-order valence-corrected chi connectivity index (χ1v) is 13.8. The fourth-order valence-electron chi connectivity index (χ4n) is 5.25. The van der Waals surface area contributed by atoms with E-state index in [-0.39, 0.29) is 30.1 Å². The van der Waals surface area contributed by atoms with Crippen LogP contribution >= 0.6 is 11.8 Å². The van der Waals surface area contributed by atoms with Crippen LogP contribution in [0.1, 0.15) is 6.92 Å². The van der Waals surface area contributed by atoms with Gasteiger partial charge in [0.15, 0.2) is 0 Å². The maximum absolute atomic E-state index is 12.8. The number of aromatic nitrogens is 2. The Balaban J connectivity index is 1.15. The molecule has 3 aliphatic heterocycles. The maximum atomic E-state index is 12.8. The summed E-state index contributed by atoms with van der Waals surface area (Å²) >= 11 is 1.47. The molecule has 12 nitrogen and oxygen atoms in total. The number of rotatable bonds is 7. The number of nitrogens with zero attached hydrogens (tertiary/aromatic N) is 4. The fraction of sp³-hybridized carbons (Fsp3) is 0.370. The highest BCUT2D eigenvalue weighted by atomic mass is 32.2. The molecule has 2 saturated heterocycles. The molecule has 3 aromatic rings. The second kappa shape index (κ2) is 10.8. The lowest BCUT2D eigenvalue weighted by Crippen LogP contribution is -2.44. The molecule has 1 aromatic heterocycles.